The zero-order chi connectivity index (χ0) is 20.5. The van der Waals surface area contributed by atoms with Crippen LogP contribution < -0.4 is 15.4 Å². The number of para-hydroxylation sites is 1. The minimum atomic E-state index is -0.319. The minimum Gasteiger partial charge on any atom is -0.493 e. The van der Waals surface area contributed by atoms with Crippen molar-refractivity contribution >= 4 is 11.9 Å². The Hall–Kier alpha value is -3.02. The molecule has 6 nitrogen and oxygen atoms in total. The normalized spacial score (nSPS) is 13.7. The third-order valence-electron chi connectivity index (χ3n) is 4.90. The molecule has 0 aromatic heterocycles. The van der Waals surface area contributed by atoms with Crippen LogP contribution in [-0.4, -0.2) is 39.2 Å². The summed E-state index contributed by atoms with van der Waals surface area (Å²) in [6, 6.07) is 15.6. The van der Waals surface area contributed by atoms with Crippen LogP contribution in [0.5, 0.6) is 5.75 Å². The van der Waals surface area contributed by atoms with E-state index in [9.17, 15) is 4.79 Å². The second-order valence-electron chi connectivity index (χ2n) is 7.15. The number of benzene rings is 2. The fraction of sp³-hybridized carbons (Fsp3) is 0.391. The van der Waals surface area contributed by atoms with E-state index in [4.69, 9.17) is 9.47 Å². The van der Waals surface area contributed by atoms with E-state index >= 15 is 0 Å². The molecule has 2 N–H and O–H groups in total. The highest BCUT2D eigenvalue weighted by Crippen LogP contribution is 2.30. The van der Waals surface area contributed by atoms with Crippen LogP contribution in [0, 0.1) is 5.92 Å². The van der Waals surface area contributed by atoms with E-state index in [2.05, 4.69) is 21.7 Å². The molecule has 2 aromatic carbocycles. The first-order valence-electron chi connectivity index (χ1n) is 10.0. The standard InChI is InChI=1S/C23H29N3O3/c1-24-23(25-14-13-17-9-11-19(12-10-17)22(27)28-2)26-15-20-5-3-4-6-21(20)29-16-18-7-8-18/h3-6,9-12,18H,7-8,13-16H2,1-2H3,(H2,24,25,26). The van der Waals surface area contributed by atoms with Gasteiger partial charge in [-0.1, -0.05) is 30.3 Å². The van der Waals surface area contributed by atoms with E-state index in [-0.39, 0.29) is 5.97 Å². The fourth-order valence-corrected chi connectivity index (χ4v) is 2.93. The summed E-state index contributed by atoms with van der Waals surface area (Å²) in [7, 11) is 3.15. The Labute approximate surface area is 172 Å². The molecule has 1 aliphatic carbocycles. The van der Waals surface area contributed by atoms with Gasteiger partial charge in [0.05, 0.1) is 19.3 Å². The zero-order valence-electron chi connectivity index (χ0n) is 17.1. The number of nitrogens with one attached hydrogen (secondary N) is 2. The predicted octanol–water partition coefficient (Wildman–Crippen LogP) is 3.17. The molecule has 0 heterocycles. The molecule has 0 unspecified atom stereocenters. The Morgan fingerprint density at radius 1 is 1.10 bits per heavy atom. The fourth-order valence-electron chi connectivity index (χ4n) is 2.93. The molecule has 1 saturated carbocycles. The molecule has 3 rings (SSSR count). The van der Waals surface area contributed by atoms with Crippen molar-refractivity contribution in [1.29, 1.82) is 0 Å². The van der Waals surface area contributed by atoms with Crippen molar-refractivity contribution in [3.05, 3.63) is 65.2 Å². The lowest BCUT2D eigenvalue weighted by molar-refractivity contribution is 0.0600. The average molecular weight is 396 g/mol. The average Bonchev–Trinajstić information content (AvgIpc) is 3.59. The number of guanidine groups is 1. The van der Waals surface area contributed by atoms with Crippen molar-refractivity contribution in [1.82, 2.24) is 10.6 Å². The molecule has 0 bridgehead atoms. The number of ether oxygens (including phenoxy) is 2. The van der Waals surface area contributed by atoms with Crippen molar-refractivity contribution in [2.45, 2.75) is 25.8 Å². The minimum absolute atomic E-state index is 0.319. The Morgan fingerprint density at radius 2 is 1.86 bits per heavy atom. The van der Waals surface area contributed by atoms with Crippen LogP contribution in [-0.2, 0) is 17.7 Å². The first-order chi connectivity index (χ1) is 14.2. The molecule has 2 aromatic rings. The van der Waals surface area contributed by atoms with Gasteiger partial charge in [-0.3, -0.25) is 4.99 Å². The van der Waals surface area contributed by atoms with Crippen molar-refractivity contribution in [2.24, 2.45) is 10.9 Å². The number of aliphatic imine (C=N–C) groups is 1. The number of hydrogen-bond acceptors (Lipinski definition) is 4. The van der Waals surface area contributed by atoms with E-state index in [1.807, 2.05) is 30.3 Å². The van der Waals surface area contributed by atoms with E-state index in [1.54, 1.807) is 19.2 Å². The lowest BCUT2D eigenvalue weighted by Gasteiger charge is -2.15. The maximum Gasteiger partial charge on any atom is 0.337 e. The maximum atomic E-state index is 11.5. The summed E-state index contributed by atoms with van der Waals surface area (Å²) < 4.78 is 10.7. The zero-order valence-corrected chi connectivity index (χ0v) is 17.1. The molecule has 6 heteroatoms. The van der Waals surface area contributed by atoms with Gasteiger partial charge in [0.1, 0.15) is 5.75 Å². The summed E-state index contributed by atoms with van der Waals surface area (Å²) in [6.07, 6.45) is 3.38. The Bertz CT molecular complexity index is 830. The molecule has 0 saturated heterocycles. The van der Waals surface area contributed by atoms with Crippen LogP contribution in [0.25, 0.3) is 0 Å². The Morgan fingerprint density at radius 3 is 2.55 bits per heavy atom. The molecule has 0 spiro atoms. The van der Waals surface area contributed by atoms with E-state index in [1.165, 1.54) is 20.0 Å². The van der Waals surface area contributed by atoms with Crippen LogP contribution in [0.15, 0.2) is 53.5 Å². The molecule has 1 aliphatic rings. The largest absolute Gasteiger partial charge is 0.493 e. The van der Waals surface area contributed by atoms with Gasteiger partial charge in [0, 0.05) is 25.7 Å². The van der Waals surface area contributed by atoms with Gasteiger partial charge >= 0.3 is 5.97 Å². The Kier molecular flexibility index (Phi) is 7.50. The van der Waals surface area contributed by atoms with Gasteiger partial charge in [-0.05, 0) is 48.9 Å². The van der Waals surface area contributed by atoms with Gasteiger partial charge in [-0.15, -0.1) is 0 Å². The van der Waals surface area contributed by atoms with E-state index in [0.29, 0.717) is 12.1 Å². The molecule has 0 aliphatic heterocycles. The molecule has 1 fully saturated rings. The van der Waals surface area contributed by atoms with Gasteiger partial charge in [0.25, 0.3) is 0 Å². The second-order valence-corrected chi connectivity index (χ2v) is 7.15. The summed E-state index contributed by atoms with van der Waals surface area (Å²) in [6.45, 7) is 2.18. The number of nitrogens with zero attached hydrogens (tertiary/aromatic N) is 1. The topological polar surface area (TPSA) is 72.0 Å². The number of carbonyl (C=O) groups excluding carboxylic acids is 1. The molecule has 0 radical (unpaired) electrons. The number of esters is 1. The number of rotatable bonds is 9. The third kappa shape index (κ3) is 6.52. The van der Waals surface area contributed by atoms with Crippen molar-refractivity contribution in [2.75, 3.05) is 27.3 Å². The monoisotopic (exact) mass is 395 g/mol. The Balaban J connectivity index is 1.44. The summed E-state index contributed by atoms with van der Waals surface area (Å²) in [5, 5.41) is 6.67. The smallest absolute Gasteiger partial charge is 0.337 e. The van der Waals surface area contributed by atoms with Crippen molar-refractivity contribution in [3.8, 4) is 5.75 Å². The summed E-state index contributed by atoms with van der Waals surface area (Å²) in [4.78, 5) is 15.8. The first kappa shape index (κ1) is 20.7. The highest BCUT2D eigenvalue weighted by Gasteiger charge is 2.22. The first-order valence-corrected chi connectivity index (χ1v) is 10.0. The van der Waals surface area contributed by atoms with Gasteiger partial charge in [-0.2, -0.15) is 0 Å². The summed E-state index contributed by atoms with van der Waals surface area (Å²) >= 11 is 0. The molecule has 0 atom stereocenters. The van der Waals surface area contributed by atoms with Crippen LogP contribution in [0.3, 0.4) is 0 Å². The van der Waals surface area contributed by atoms with E-state index in [0.717, 1.165) is 48.3 Å². The van der Waals surface area contributed by atoms with Crippen molar-refractivity contribution in [3.63, 3.8) is 0 Å². The van der Waals surface area contributed by atoms with E-state index < -0.39 is 0 Å². The third-order valence-corrected chi connectivity index (χ3v) is 4.90. The highest BCUT2D eigenvalue weighted by molar-refractivity contribution is 5.89. The number of hydrogen-bond donors (Lipinski definition) is 2. The summed E-state index contributed by atoms with van der Waals surface area (Å²) in [5.74, 6) is 2.09. The van der Waals surface area contributed by atoms with Crippen molar-refractivity contribution < 1.29 is 14.3 Å². The lowest BCUT2D eigenvalue weighted by atomic mass is 10.1. The van der Waals surface area contributed by atoms with Gasteiger partial charge < -0.3 is 20.1 Å². The van der Waals surface area contributed by atoms with Gasteiger partial charge in [0.2, 0.25) is 0 Å². The van der Waals surface area contributed by atoms with Gasteiger partial charge in [0.15, 0.2) is 5.96 Å². The maximum absolute atomic E-state index is 11.5. The molecular weight excluding hydrogens is 366 g/mol. The molecule has 154 valence electrons. The van der Waals surface area contributed by atoms with Gasteiger partial charge in [-0.25, -0.2) is 4.79 Å². The van der Waals surface area contributed by atoms with Crippen LogP contribution in [0.2, 0.25) is 0 Å². The molecule has 0 amide bonds. The van der Waals surface area contributed by atoms with Crippen LogP contribution in [0.1, 0.15) is 34.3 Å². The predicted molar refractivity (Wildman–Crippen MR) is 114 cm³/mol. The number of methoxy groups -OCH3 is 1. The SMILES string of the molecule is CN=C(NCCc1ccc(C(=O)OC)cc1)NCc1ccccc1OCC1CC1. The highest BCUT2D eigenvalue weighted by atomic mass is 16.5. The summed E-state index contributed by atoms with van der Waals surface area (Å²) in [5.41, 5.74) is 2.82. The van der Waals surface area contributed by atoms with Crippen LogP contribution in [0.4, 0.5) is 0 Å². The quantitative estimate of drug-likeness (QED) is 0.388. The number of carbonyl (C=O) groups is 1. The second kappa shape index (κ2) is 10.5. The molecular formula is C23H29N3O3. The lowest BCUT2D eigenvalue weighted by Crippen LogP contribution is -2.37. The van der Waals surface area contributed by atoms with Crippen LogP contribution >= 0.6 is 0 Å². The molecule has 29 heavy (non-hydrogen) atoms.